The summed E-state index contributed by atoms with van der Waals surface area (Å²) in [5.74, 6) is -3.33. The number of benzene rings is 1. The van der Waals surface area contributed by atoms with E-state index < -0.39 is 11.7 Å². The Morgan fingerprint density at radius 1 is 1.35 bits per heavy atom. The predicted octanol–water partition coefficient (Wildman–Crippen LogP) is 2.92. The normalized spacial score (nSPS) is 10.4. The first-order valence-electron chi connectivity index (χ1n) is 4.82. The zero-order chi connectivity index (χ0) is 12.8. The van der Waals surface area contributed by atoms with Crippen molar-refractivity contribution in [3.8, 4) is 0 Å². The maximum atomic E-state index is 12.2. The van der Waals surface area contributed by atoms with E-state index in [1.54, 1.807) is 12.1 Å². The van der Waals surface area contributed by atoms with Crippen molar-refractivity contribution in [2.75, 3.05) is 5.32 Å². The first-order valence-corrected chi connectivity index (χ1v) is 5.70. The number of ketones is 1. The average Bonchev–Trinajstić information content (AvgIpc) is 2.18. The molecule has 1 rings (SSSR count). The van der Waals surface area contributed by atoms with Crippen LogP contribution >= 0.6 is 11.8 Å². The minimum Gasteiger partial charge on any atom is -0.325 e. The zero-order valence-corrected chi connectivity index (χ0v) is 9.89. The second kappa shape index (κ2) is 6.34. The number of alkyl halides is 2. The summed E-state index contributed by atoms with van der Waals surface area (Å²) in [6.07, 6.45) is -0.256. The van der Waals surface area contributed by atoms with Gasteiger partial charge in [0.25, 0.3) is 5.76 Å². The van der Waals surface area contributed by atoms with Gasteiger partial charge in [-0.05, 0) is 19.1 Å². The average molecular weight is 259 g/mol. The molecule has 1 N–H and O–H groups in total. The fraction of sp³-hybridized carbons (Fsp3) is 0.273. The molecule has 0 atom stereocenters. The van der Waals surface area contributed by atoms with E-state index >= 15 is 0 Å². The van der Waals surface area contributed by atoms with Gasteiger partial charge in [-0.1, -0.05) is 23.9 Å². The Kier molecular flexibility index (Phi) is 5.09. The Morgan fingerprint density at radius 2 is 2.00 bits per heavy atom. The van der Waals surface area contributed by atoms with Gasteiger partial charge in [-0.15, -0.1) is 0 Å². The first-order chi connectivity index (χ1) is 7.99. The summed E-state index contributed by atoms with van der Waals surface area (Å²) in [6, 6.07) is 6.23. The van der Waals surface area contributed by atoms with Crippen LogP contribution < -0.4 is 5.32 Å². The summed E-state index contributed by atoms with van der Waals surface area (Å²) in [5.41, 5.74) is 0.295. The molecule has 0 saturated heterocycles. The lowest BCUT2D eigenvalue weighted by atomic mass is 10.2. The van der Waals surface area contributed by atoms with Crippen LogP contribution in [0.4, 0.5) is 14.5 Å². The van der Waals surface area contributed by atoms with Gasteiger partial charge in [0.2, 0.25) is 5.91 Å². The Balaban J connectivity index is 2.76. The Hall–Kier alpha value is -1.43. The molecule has 1 amide bonds. The summed E-state index contributed by atoms with van der Waals surface area (Å²) in [4.78, 5) is 22.3. The molecule has 0 fully saturated rings. The van der Waals surface area contributed by atoms with E-state index in [4.69, 9.17) is 0 Å². The lowest BCUT2D eigenvalue weighted by molar-refractivity contribution is -0.124. The van der Waals surface area contributed by atoms with Crippen molar-refractivity contribution < 1.29 is 18.4 Å². The molecule has 0 saturated carbocycles. The van der Waals surface area contributed by atoms with Gasteiger partial charge in [-0.25, -0.2) is 0 Å². The summed E-state index contributed by atoms with van der Waals surface area (Å²) in [6.45, 7) is 1.29. The minimum atomic E-state index is -2.55. The van der Waals surface area contributed by atoms with Crippen LogP contribution in [0.2, 0.25) is 0 Å². The molecule has 0 heterocycles. The van der Waals surface area contributed by atoms with Crippen LogP contribution in [0.15, 0.2) is 29.2 Å². The summed E-state index contributed by atoms with van der Waals surface area (Å²) >= 11 is 0.353. The van der Waals surface area contributed by atoms with E-state index in [1.165, 1.54) is 19.1 Å². The van der Waals surface area contributed by atoms with Crippen LogP contribution in [0.3, 0.4) is 0 Å². The van der Waals surface area contributed by atoms with Crippen LogP contribution in [-0.4, -0.2) is 17.4 Å². The van der Waals surface area contributed by atoms with Crippen molar-refractivity contribution in [1.29, 1.82) is 0 Å². The third-order valence-electron chi connectivity index (χ3n) is 1.79. The van der Waals surface area contributed by atoms with Crippen LogP contribution in [0.5, 0.6) is 0 Å². The quantitative estimate of drug-likeness (QED) is 0.653. The topological polar surface area (TPSA) is 46.2 Å². The highest BCUT2D eigenvalue weighted by Gasteiger charge is 2.12. The first kappa shape index (κ1) is 13.6. The number of nitrogens with one attached hydrogen (secondary N) is 1. The monoisotopic (exact) mass is 259 g/mol. The number of Topliss-reactive ketones (excluding diaryl/α,β-unsaturated/α-hetero) is 1. The second-order valence-electron chi connectivity index (χ2n) is 3.30. The molecule has 3 nitrogen and oxygen atoms in total. The number of rotatable bonds is 5. The maximum absolute atomic E-state index is 12.2. The third-order valence-corrected chi connectivity index (χ3v) is 2.57. The van der Waals surface area contributed by atoms with Gasteiger partial charge in [0, 0.05) is 4.90 Å². The van der Waals surface area contributed by atoms with Gasteiger partial charge in [0.15, 0.2) is 0 Å². The molecule has 92 valence electrons. The molecule has 0 aliphatic rings. The maximum Gasteiger partial charge on any atom is 0.288 e. The van der Waals surface area contributed by atoms with Crippen molar-refractivity contribution in [3.63, 3.8) is 0 Å². The van der Waals surface area contributed by atoms with Crippen molar-refractivity contribution in [1.82, 2.24) is 0 Å². The van der Waals surface area contributed by atoms with Crippen molar-refractivity contribution in [2.45, 2.75) is 24.0 Å². The molecule has 6 heteroatoms. The van der Waals surface area contributed by atoms with Crippen molar-refractivity contribution in [2.24, 2.45) is 0 Å². The van der Waals surface area contributed by atoms with Crippen molar-refractivity contribution in [3.05, 3.63) is 24.3 Å². The van der Waals surface area contributed by atoms with Gasteiger partial charge < -0.3 is 5.32 Å². The number of thioether (sulfide) groups is 1. The zero-order valence-electron chi connectivity index (χ0n) is 9.07. The van der Waals surface area contributed by atoms with E-state index in [1.807, 2.05) is 0 Å². The molecular formula is C11H11F2NO2S. The van der Waals surface area contributed by atoms with E-state index in [9.17, 15) is 18.4 Å². The molecule has 1 aromatic rings. The Bertz CT molecular complexity index is 424. The van der Waals surface area contributed by atoms with Gasteiger partial charge in [-0.2, -0.15) is 8.78 Å². The molecule has 0 spiro atoms. The lowest BCUT2D eigenvalue weighted by Crippen LogP contribution is -2.15. The largest absolute Gasteiger partial charge is 0.325 e. The number of amides is 1. The van der Waals surface area contributed by atoms with E-state index in [0.29, 0.717) is 17.4 Å². The number of halogens is 2. The molecule has 0 bridgehead atoms. The highest BCUT2D eigenvalue weighted by atomic mass is 32.2. The summed E-state index contributed by atoms with van der Waals surface area (Å²) in [7, 11) is 0. The lowest BCUT2D eigenvalue weighted by Gasteiger charge is -2.09. The van der Waals surface area contributed by atoms with Crippen LogP contribution in [-0.2, 0) is 9.59 Å². The fourth-order valence-corrected chi connectivity index (χ4v) is 1.78. The second-order valence-corrected chi connectivity index (χ2v) is 4.33. The van der Waals surface area contributed by atoms with Crippen LogP contribution in [0, 0.1) is 0 Å². The number of hydrogen-bond acceptors (Lipinski definition) is 3. The molecule has 0 aliphatic carbocycles. The molecule has 0 radical (unpaired) electrons. The SMILES string of the molecule is CC(=O)CC(=O)Nc1ccccc1SC(F)F. The predicted molar refractivity (Wildman–Crippen MR) is 62.2 cm³/mol. The van der Waals surface area contributed by atoms with E-state index in [2.05, 4.69) is 5.32 Å². The van der Waals surface area contributed by atoms with Gasteiger partial charge in [0.1, 0.15) is 5.78 Å². The number of carbonyl (C=O) groups is 2. The highest BCUT2D eigenvalue weighted by Crippen LogP contribution is 2.31. The highest BCUT2D eigenvalue weighted by molar-refractivity contribution is 7.99. The summed E-state index contributed by atoms with van der Waals surface area (Å²) < 4.78 is 24.5. The molecule has 17 heavy (non-hydrogen) atoms. The Labute approximate surface area is 102 Å². The molecular weight excluding hydrogens is 248 g/mol. The third kappa shape index (κ3) is 4.95. The van der Waals surface area contributed by atoms with Crippen LogP contribution in [0.1, 0.15) is 13.3 Å². The fourth-order valence-electron chi connectivity index (χ4n) is 1.19. The van der Waals surface area contributed by atoms with Crippen LogP contribution in [0.25, 0.3) is 0 Å². The van der Waals surface area contributed by atoms with E-state index in [0.717, 1.165) is 0 Å². The Morgan fingerprint density at radius 3 is 2.59 bits per heavy atom. The van der Waals surface area contributed by atoms with Crippen molar-refractivity contribution >= 4 is 29.1 Å². The molecule has 0 aliphatic heterocycles. The molecule has 0 unspecified atom stereocenters. The number of para-hydroxylation sites is 1. The minimum absolute atomic E-state index is 0.256. The standard InChI is InChI=1S/C11H11F2NO2S/c1-7(15)6-10(16)14-8-4-2-3-5-9(8)17-11(12)13/h2-5,11H,6H2,1H3,(H,14,16). The molecule has 1 aromatic carbocycles. The molecule has 0 aromatic heterocycles. The van der Waals surface area contributed by atoms with Gasteiger partial charge >= 0.3 is 0 Å². The van der Waals surface area contributed by atoms with E-state index in [-0.39, 0.29) is 17.1 Å². The summed E-state index contributed by atoms with van der Waals surface area (Å²) in [5, 5.41) is 2.43. The number of hydrogen-bond donors (Lipinski definition) is 1. The van der Waals surface area contributed by atoms with Gasteiger partial charge in [-0.3, -0.25) is 9.59 Å². The number of carbonyl (C=O) groups excluding carboxylic acids is 2. The smallest absolute Gasteiger partial charge is 0.288 e. The number of anilines is 1. The van der Waals surface area contributed by atoms with Gasteiger partial charge in [0.05, 0.1) is 12.1 Å².